The first kappa shape index (κ1) is 38.7. The zero-order valence-electron chi connectivity index (χ0n) is 28.3. The molecule has 10 atom stereocenters. The van der Waals surface area contributed by atoms with Gasteiger partial charge >= 0.3 is 11.7 Å². The van der Waals surface area contributed by atoms with Crippen molar-refractivity contribution in [1.29, 1.82) is 0 Å². The van der Waals surface area contributed by atoms with Gasteiger partial charge in [-0.1, -0.05) is 32.6 Å². The molecular weight excluding hydrogens is 662 g/mol. The number of rotatable bonds is 15. The van der Waals surface area contributed by atoms with Gasteiger partial charge in [0.1, 0.15) is 30.5 Å². The van der Waals surface area contributed by atoms with Gasteiger partial charge in [0, 0.05) is 31.8 Å². The molecule has 3 aliphatic rings. The molecule has 0 aromatic carbocycles. The lowest BCUT2D eigenvalue weighted by molar-refractivity contribution is -0.241. The van der Waals surface area contributed by atoms with Gasteiger partial charge in [0.2, 0.25) is 18.1 Å². The molecule has 3 amide bonds. The van der Waals surface area contributed by atoms with Gasteiger partial charge in [0.15, 0.2) is 24.2 Å². The number of nitrogens with zero attached hydrogens (tertiary/aromatic N) is 1. The molecule has 18 nitrogen and oxygen atoms in total. The molecule has 1 aromatic rings. The molecule has 0 saturated carbocycles. The van der Waals surface area contributed by atoms with Crippen LogP contribution in [0.1, 0.15) is 77.9 Å². The maximum absolute atomic E-state index is 13.1. The predicted octanol–water partition coefficient (Wildman–Crippen LogP) is -1.27. The third kappa shape index (κ3) is 9.57. The van der Waals surface area contributed by atoms with E-state index in [4.69, 9.17) is 29.4 Å². The number of aromatic amines is 1. The lowest BCUT2D eigenvalue weighted by Gasteiger charge is -2.35. The van der Waals surface area contributed by atoms with Gasteiger partial charge in [0.25, 0.3) is 11.5 Å². The maximum atomic E-state index is 13.1. The summed E-state index contributed by atoms with van der Waals surface area (Å²) in [5.74, 6) is -3.58. The number of aliphatic hydroxyl groups is 2. The summed E-state index contributed by atoms with van der Waals surface area (Å²) in [5.41, 5.74) is 4.10. The van der Waals surface area contributed by atoms with Crippen LogP contribution in [0.3, 0.4) is 0 Å². The van der Waals surface area contributed by atoms with Crippen LogP contribution in [-0.2, 0) is 42.9 Å². The highest BCUT2D eigenvalue weighted by Gasteiger charge is 2.54. The molecule has 2 saturated heterocycles. The molecule has 0 aliphatic carbocycles. The van der Waals surface area contributed by atoms with Gasteiger partial charge in [-0.25, -0.2) is 4.79 Å². The Labute approximate surface area is 287 Å². The van der Waals surface area contributed by atoms with E-state index in [1.165, 1.54) is 7.11 Å². The van der Waals surface area contributed by atoms with Crippen molar-refractivity contribution in [2.45, 2.75) is 133 Å². The smallest absolute Gasteiger partial charge is 0.330 e. The Morgan fingerprint density at radius 1 is 1.12 bits per heavy atom. The number of ether oxygens (including phenoxy) is 5. The highest BCUT2D eigenvalue weighted by atomic mass is 16.7. The van der Waals surface area contributed by atoms with Gasteiger partial charge in [0.05, 0.1) is 0 Å². The van der Waals surface area contributed by atoms with Crippen molar-refractivity contribution in [3.8, 4) is 0 Å². The number of aromatic nitrogens is 2. The maximum Gasteiger partial charge on any atom is 0.330 e. The molecule has 4 heterocycles. The van der Waals surface area contributed by atoms with Gasteiger partial charge in [-0.15, -0.1) is 0 Å². The Balaban J connectivity index is 1.55. The molecular formula is C32H47N5O13. The number of aliphatic hydroxyl groups excluding tert-OH is 2. The highest BCUT2D eigenvalue weighted by molar-refractivity contribution is 5.95. The van der Waals surface area contributed by atoms with Crippen molar-refractivity contribution in [1.82, 2.24) is 20.2 Å². The number of methoxy groups -OCH3 is 1. The molecule has 2 fully saturated rings. The molecule has 0 spiro atoms. The number of esters is 1. The molecule has 0 bridgehead atoms. The highest BCUT2D eigenvalue weighted by Crippen LogP contribution is 2.36. The fourth-order valence-electron chi connectivity index (χ4n) is 6.12. The van der Waals surface area contributed by atoms with E-state index < -0.39 is 95.9 Å². The summed E-state index contributed by atoms with van der Waals surface area (Å²) in [6.45, 7) is 3.91. The summed E-state index contributed by atoms with van der Waals surface area (Å²) >= 11 is 0. The van der Waals surface area contributed by atoms with Crippen LogP contribution < -0.4 is 27.6 Å². The molecule has 10 unspecified atom stereocenters. The molecule has 7 N–H and O–H groups in total. The fourth-order valence-corrected chi connectivity index (χ4v) is 6.12. The number of amides is 3. The zero-order chi connectivity index (χ0) is 36.5. The summed E-state index contributed by atoms with van der Waals surface area (Å²) in [4.78, 5) is 78.2. The second kappa shape index (κ2) is 17.7. The first-order valence-electron chi connectivity index (χ1n) is 16.8. The van der Waals surface area contributed by atoms with Crippen LogP contribution >= 0.6 is 0 Å². The summed E-state index contributed by atoms with van der Waals surface area (Å²) in [5, 5.41) is 26.7. The standard InChI is InChI=1S/C32H47N5O13/c1-4-5-6-7-8-12-21(40)48-26-23(46-3)24(49-30(26)37-14-13-20(39)36-32(37)45)25(27(33)42)50-31-22(41)18(38)15-19(47-31)29(44)35-17-11-9-10-16(2)34-28(17)43/h13-18,22-26,30-31,38,41H,4-12H2,1-3H3,(H2,33,42)(H,34,43)(H,35,44)(H,36,39,45). The third-order valence-electron chi connectivity index (χ3n) is 8.79. The van der Waals surface area contributed by atoms with E-state index in [0.717, 1.165) is 55.0 Å². The second-order valence-corrected chi connectivity index (χ2v) is 12.7. The van der Waals surface area contributed by atoms with E-state index in [2.05, 4.69) is 22.5 Å². The first-order valence-corrected chi connectivity index (χ1v) is 16.8. The Hall–Kier alpha value is -4.10. The quantitative estimate of drug-likeness (QED) is 0.0918. The molecule has 4 rings (SSSR count). The third-order valence-corrected chi connectivity index (χ3v) is 8.79. The van der Waals surface area contributed by atoms with E-state index in [9.17, 15) is 39.0 Å². The Bertz CT molecular complexity index is 1510. The van der Waals surface area contributed by atoms with Crippen molar-refractivity contribution in [2.75, 3.05) is 7.11 Å². The van der Waals surface area contributed by atoms with E-state index in [1.807, 2.05) is 6.92 Å². The number of unbranched alkanes of at least 4 members (excludes halogenated alkanes) is 4. The van der Waals surface area contributed by atoms with Crippen LogP contribution in [0, 0.1) is 0 Å². The topological polar surface area (TPSA) is 260 Å². The fraction of sp³-hybridized carbons (Fsp3) is 0.688. The van der Waals surface area contributed by atoms with Crippen LogP contribution in [0.2, 0.25) is 0 Å². The van der Waals surface area contributed by atoms with Crippen LogP contribution in [0.4, 0.5) is 0 Å². The Morgan fingerprint density at radius 3 is 2.54 bits per heavy atom. The van der Waals surface area contributed by atoms with Crippen molar-refractivity contribution in [3.05, 3.63) is 44.9 Å². The minimum absolute atomic E-state index is 0.0447. The Kier molecular flexibility index (Phi) is 13.7. The van der Waals surface area contributed by atoms with Crippen LogP contribution in [0.15, 0.2) is 33.7 Å². The molecule has 3 aliphatic heterocycles. The summed E-state index contributed by atoms with van der Waals surface area (Å²) in [6, 6.07) is 0.0718. The summed E-state index contributed by atoms with van der Waals surface area (Å²) < 4.78 is 29.7. The zero-order valence-corrected chi connectivity index (χ0v) is 28.3. The molecule has 0 radical (unpaired) electrons. The molecule has 278 valence electrons. The number of hydrogen-bond donors (Lipinski definition) is 6. The van der Waals surface area contributed by atoms with Crippen LogP contribution in [0.25, 0.3) is 0 Å². The number of carbonyl (C=O) groups excluding carboxylic acids is 4. The van der Waals surface area contributed by atoms with Crippen molar-refractivity contribution >= 4 is 23.7 Å². The van der Waals surface area contributed by atoms with Gasteiger partial charge in [-0.2, -0.15) is 0 Å². The molecule has 1 aromatic heterocycles. The predicted molar refractivity (Wildman–Crippen MR) is 172 cm³/mol. The largest absolute Gasteiger partial charge is 0.456 e. The van der Waals surface area contributed by atoms with Crippen LogP contribution in [0.5, 0.6) is 0 Å². The molecule has 50 heavy (non-hydrogen) atoms. The van der Waals surface area contributed by atoms with Gasteiger partial charge < -0.3 is 50.3 Å². The second-order valence-electron chi connectivity index (χ2n) is 12.7. The first-order chi connectivity index (χ1) is 23.8. The SMILES string of the molecule is CCCCCCCC(=O)OC1C(OC)C(C(OC2OC(C(=O)NC3CCCC(C)NC3=O)=CC(O)C2O)C(N)=O)OC1n1ccc(=O)[nH]c1=O. The molecule has 18 heteroatoms. The van der Waals surface area contributed by atoms with Gasteiger partial charge in [-0.05, 0) is 38.7 Å². The number of carbonyl (C=O) groups is 4. The number of nitrogens with one attached hydrogen (secondary N) is 3. The van der Waals surface area contributed by atoms with E-state index in [0.29, 0.717) is 19.3 Å². The average Bonchev–Trinajstić information content (AvgIpc) is 3.32. The van der Waals surface area contributed by atoms with E-state index in [-0.39, 0.29) is 12.5 Å². The summed E-state index contributed by atoms with van der Waals surface area (Å²) in [6.07, 6.45) is -4.80. The van der Waals surface area contributed by atoms with E-state index in [1.54, 1.807) is 0 Å². The number of primary amides is 1. The minimum atomic E-state index is -1.88. The van der Waals surface area contributed by atoms with Crippen LogP contribution in [-0.4, -0.2) is 106 Å². The monoisotopic (exact) mass is 709 g/mol. The lowest BCUT2D eigenvalue weighted by atomic mass is 10.0. The lowest BCUT2D eigenvalue weighted by Crippen LogP contribution is -2.54. The van der Waals surface area contributed by atoms with Gasteiger partial charge in [-0.3, -0.25) is 33.5 Å². The minimum Gasteiger partial charge on any atom is -0.456 e. The van der Waals surface area contributed by atoms with E-state index >= 15 is 0 Å². The number of hydrogen-bond acceptors (Lipinski definition) is 13. The number of H-pyrrole nitrogens is 1. The summed E-state index contributed by atoms with van der Waals surface area (Å²) in [7, 11) is 1.23. The number of nitrogens with two attached hydrogens (primary N) is 1. The Morgan fingerprint density at radius 2 is 1.86 bits per heavy atom. The normalized spacial score (nSPS) is 30.3. The van der Waals surface area contributed by atoms with Crippen molar-refractivity contribution < 1.29 is 53.1 Å². The van der Waals surface area contributed by atoms with Crippen molar-refractivity contribution in [3.63, 3.8) is 0 Å². The van der Waals surface area contributed by atoms with Crippen molar-refractivity contribution in [2.24, 2.45) is 5.73 Å². The average molecular weight is 710 g/mol.